The second-order valence-corrected chi connectivity index (χ2v) is 7.98. The van der Waals surface area contributed by atoms with Gasteiger partial charge in [-0.2, -0.15) is 8.42 Å². The number of benzene rings is 2. The van der Waals surface area contributed by atoms with E-state index in [9.17, 15) is 8.42 Å². The minimum atomic E-state index is -3.92. The molecule has 0 saturated carbocycles. The molecular formula is C21H18N2O4S. The fraction of sp³-hybridized carbons (Fsp3) is 0.0952. The standard InChI is InChI=1S/C21H18N2O4S/c1-14-19(17-11-12-23-18-10-6-5-9-16(17)18)26-21(22)20(14)27-28(24,25)13-15-7-3-2-4-8-15/h2-12,19H,1,13,22H2. The van der Waals surface area contributed by atoms with E-state index in [-0.39, 0.29) is 17.4 Å². The topological polar surface area (TPSA) is 91.5 Å². The molecule has 0 spiro atoms. The zero-order valence-corrected chi connectivity index (χ0v) is 15.7. The highest BCUT2D eigenvalue weighted by atomic mass is 32.2. The summed E-state index contributed by atoms with van der Waals surface area (Å²) in [6.07, 6.45) is 1.02. The first-order valence-electron chi connectivity index (χ1n) is 8.60. The van der Waals surface area contributed by atoms with Crippen molar-refractivity contribution in [2.75, 3.05) is 0 Å². The number of rotatable bonds is 5. The van der Waals surface area contributed by atoms with E-state index in [0.717, 1.165) is 16.5 Å². The van der Waals surface area contributed by atoms with Crippen LogP contribution in [0.15, 0.2) is 90.7 Å². The molecular weight excluding hydrogens is 376 g/mol. The van der Waals surface area contributed by atoms with Crippen molar-refractivity contribution >= 4 is 21.0 Å². The first-order chi connectivity index (χ1) is 13.4. The quantitative estimate of drug-likeness (QED) is 0.666. The lowest BCUT2D eigenvalue weighted by atomic mass is 9.99. The SMILES string of the molecule is C=C1C(OS(=O)(=O)Cc2ccccc2)=C(N)OC1c1ccnc2ccccc12. The molecule has 1 aromatic heterocycles. The van der Waals surface area contributed by atoms with E-state index in [1.807, 2.05) is 30.3 Å². The van der Waals surface area contributed by atoms with Gasteiger partial charge < -0.3 is 14.7 Å². The molecule has 2 N–H and O–H groups in total. The predicted octanol–water partition coefficient (Wildman–Crippen LogP) is 3.54. The lowest BCUT2D eigenvalue weighted by Crippen LogP contribution is -2.11. The van der Waals surface area contributed by atoms with Crippen LogP contribution < -0.4 is 5.73 Å². The maximum atomic E-state index is 12.5. The molecule has 0 saturated heterocycles. The van der Waals surface area contributed by atoms with E-state index in [1.165, 1.54) is 0 Å². The lowest BCUT2D eigenvalue weighted by Gasteiger charge is -2.15. The summed E-state index contributed by atoms with van der Waals surface area (Å²) < 4.78 is 36.0. The minimum absolute atomic E-state index is 0.0539. The Bertz CT molecular complexity index is 1180. The Morgan fingerprint density at radius 2 is 1.79 bits per heavy atom. The average molecular weight is 394 g/mol. The number of para-hydroxylation sites is 1. The van der Waals surface area contributed by atoms with Crippen molar-refractivity contribution in [2.45, 2.75) is 11.9 Å². The fourth-order valence-corrected chi connectivity index (χ4v) is 4.26. The molecule has 142 valence electrons. The monoisotopic (exact) mass is 394 g/mol. The van der Waals surface area contributed by atoms with Gasteiger partial charge in [-0.25, -0.2) is 0 Å². The molecule has 0 fully saturated rings. The van der Waals surface area contributed by atoms with Gasteiger partial charge in [-0.15, -0.1) is 0 Å². The van der Waals surface area contributed by atoms with Gasteiger partial charge in [0.25, 0.3) is 0 Å². The molecule has 28 heavy (non-hydrogen) atoms. The van der Waals surface area contributed by atoms with E-state index < -0.39 is 16.2 Å². The molecule has 3 aromatic rings. The summed E-state index contributed by atoms with van der Waals surface area (Å²) in [5.74, 6) is -0.435. The van der Waals surface area contributed by atoms with Crippen LogP contribution in [0.4, 0.5) is 0 Å². The molecule has 1 aliphatic heterocycles. The highest BCUT2D eigenvalue weighted by Gasteiger charge is 2.35. The Labute approximate surface area is 163 Å². The van der Waals surface area contributed by atoms with Crippen LogP contribution in [-0.4, -0.2) is 13.4 Å². The number of aromatic nitrogens is 1. The summed E-state index contributed by atoms with van der Waals surface area (Å²) in [7, 11) is -3.92. The Balaban J connectivity index is 1.60. The first-order valence-corrected chi connectivity index (χ1v) is 10.2. The van der Waals surface area contributed by atoms with E-state index in [4.69, 9.17) is 14.7 Å². The first kappa shape index (κ1) is 18.1. The summed E-state index contributed by atoms with van der Waals surface area (Å²) in [5.41, 5.74) is 8.48. The molecule has 4 rings (SSSR count). The zero-order chi connectivity index (χ0) is 19.7. The highest BCUT2D eigenvalue weighted by molar-refractivity contribution is 7.86. The van der Waals surface area contributed by atoms with Crippen molar-refractivity contribution in [3.63, 3.8) is 0 Å². The number of nitrogens with zero attached hydrogens (tertiary/aromatic N) is 1. The van der Waals surface area contributed by atoms with Crippen LogP contribution in [0.1, 0.15) is 17.2 Å². The summed E-state index contributed by atoms with van der Waals surface area (Å²) in [4.78, 5) is 4.33. The molecule has 1 atom stereocenters. The molecule has 2 heterocycles. The lowest BCUT2D eigenvalue weighted by molar-refractivity contribution is 0.167. The van der Waals surface area contributed by atoms with Crippen LogP contribution in [0, 0.1) is 0 Å². The van der Waals surface area contributed by atoms with Crippen molar-refractivity contribution in [3.05, 3.63) is 102 Å². The molecule has 0 amide bonds. The summed E-state index contributed by atoms with van der Waals surface area (Å²) >= 11 is 0. The molecule has 0 radical (unpaired) electrons. The molecule has 7 heteroatoms. The number of pyridine rings is 1. The third-order valence-electron chi connectivity index (χ3n) is 4.44. The average Bonchev–Trinajstić information content (AvgIpc) is 2.95. The van der Waals surface area contributed by atoms with E-state index in [0.29, 0.717) is 11.1 Å². The van der Waals surface area contributed by atoms with Gasteiger partial charge in [-0.3, -0.25) is 4.98 Å². The van der Waals surface area contributed by atoms with Crippen molar-refractivity contribution in [1.29, 1.82) is 0 Å². The van der Waals surface area contributed by atoms with Gasteiger partial charge in [0, 0.05) is 22.7 Å². The van der Waals surface area contributed by atoms with Gasteiger partial charge in [-0.1, -0.05) is 55.1 Å². The van der Waals surface area contributed by atoms with Crippen molar-refractivity contribution in [3.8, 4) is 0 Å². The van der Waals surface area contributed by atoms with Crippen LogP contribution in [0.2, 0.25) is 0 Å². The maximum Gasteiger partial charge on any atom is 0.313 e. The molecule has 1 aliphatic rings. The Morgan fingerprint density at radius 3 is 2.57 bits per heavy atom. The Kier molecular flexibility index (Phi) is 4.52. The third-order valence-corrected chi connectivity index (χ3v) is 5.55. The molecule has 0 aliphatic carbocycles. The summed E-state index contributed by atoms with van der Waals surface area (Å²) in [6.45, 7) is 3.97. The number of hydrogen-bond donors (Lipinski definition) is 1. The Hall–Kier alpha value is -3.32. The van der Waals surface area contributed by atoms with E-state index in [1.54, 1.807) is 36.5 Å². The van der Waals surface area contributed by atoms with Crippen LogP contribution in [-0.2, 0) is 24.8 Å². The number of hydrogen-bond acceptors (Lipinski definition) is 6. The van der Waals surface area contributed by atoms with E-state index in [2.05, 4.69) is 11.6 Å². The van der Waals surface area contributed by atoms with Gasteiger partial charge in [0.1, 0.15) is 5.75 Å². The van der Waals surface area contributed by atoms with Crippen molar-refractivity contribution in [1.82, 2.24) is 4.98 Å². The van der Waals surface area contributed by atoms with Crippen LogP contribution in [0.25, 0.3) is 10.9 Å². The van der Waals surface area contributed by atoms with E-state index >= 15 is 0 Å². The fourth-order valence-electron chi connectivity index (χ4n) is 3.16. The second kappa shape index (κ2) is 7.01. The smallest absolute Gasteiger partial charge is 0.313 e. The minimum Gasteiger partial charge on any atom is -0.463 e. The van der Waals surface area contributed by atoms with Crippen molar-refractivity contribution in [2.24, 2.45) is 5.73 Å². The van der Waals surface area contributed by atoms with Crippen molar-refractivity contribution < 1.29 is 17.3 Å². The molecule has 1 unspecified atom stereocenters. The van der Waals surface area contributed by atoms with Gasteiger partial charge >= 0.3 is 10.1 Å². The summed E-state index contributed by atoms with van der Waals surface area (Å²) in [6, 6.07) is 18.1. The van der Waals surface area contributed by atoms with Crippen LogP contribution >= 0.6 is 0 Å². The van der Waals surface area contributed by atoms with Crippen LogP contribution in [0.3, 0.4) is 0 Å². The summed E-state index contributed by atoms with van der Waals surface area (Å²) in [5, 5.41) is 0.873. The predicted molar refractivity (Wildman–Crippen MR) is 106 cm³/mol. The normalized spacial score (nSPS) is 17.0. The Morgan fingerprint density at radius 1 is 1.07 bits per heavy atom. The van der Waals surface area contributed by atoms with Gasteiger partial charge in [0.2, 0.25) is 11.6 Å². The number of nitrogens with two attached hydrogens (primary N) is 1. The van der Waals surface area contributed by atoms with Gasteiger partial charge in [-0.05, 0) is 17.7 Å². The van der Waals surface area contributed by atoms with Crippen LogP contribution in [0.5, 0.6) is 0 Å². The highest BCUT2D eigenvalue weighted by Crippen LogP contribution is 2.41. The third kappa shape index (κ3) is 3.44. The van der Waals surface area contributed by atoms with Gasteiger partial charge in [0.05, 0.1) is 5.52 Å². The largest absolute Gasteiger partial charge is 0.463 e. The molecule has 0 bridgehead atoms. The molecule has 2 aromatic carbocycles. The second-order valence-electron chi connectivity index (χ2n) is 6.40. The number of ether oxygens (including phenoxy) is 1. The van der Waals surface area contributed by atoms with Gasteiger partial charge in [0.15, 0.2) is 6.10 Å². The maximum absolute atomic E-state index is 12.5. The zero-order valence-electron chi connectivity index (χ0n) is 14.9. The molecule has 6 nitrogen and oxygen atoms in total. The number of fused-ring (bicyclic) bond motifs is 1.